The van der Waals surface area contributed by atoms with E-state index in [-0.39, 0.29) is 0 Å². The molecule has 0 fully saturated rings. The molecule has 1 aliphatic rings. The van der Waals surface area contributed by atoms with E-state index < -0.39 is 0 Å². The van der Waals surface area contributed by atoms with E-state index in [1.807, 2.05) is 48.6 Å². The Balaban J connectivity index is 2.67. The molecule has 0 nitrogen and oxygen atoms in total. The highest BCUT2D eigenvalue weighted by Gasteiger charge is 1.65. The molecule has 0 unspecified atom stereocenters. The summed E-state index contributed by atoms with van der Waals surface area (Å²) in [6.45, 7) is 0. The lowest BCUT2D eigenvalue weighted by molar-refractivity contribution is 1.81. The van der Waals surface area contributed by atoms with E-state index >= 15 is 0 Å². The second-order valence-corrected chi connectivity index (χ2v) is 1.54. The Labute approximate surface area is 49.5 Å². The number of allylic oxidation sites excluding steroid dienone is 8. The lowest BCUT2D eigenvalue weighted by atomic mass is 10.3. The molecule has 0 aromatic carbocycles. The molecule has 0 amide bonds. The molecule has 0 aromatic rings. The third-order valence-corrected chi connectivity index (χ3v) is 0.889. The third kappa shape index (κ3) is 1.61. The SMILES string of the molecule is C1=C\C=C/C=C\C=C/1. The zero-order valence-electron chi connectivity index (χ0n) is 4.62. The smallest absolute Gasteiger partial charge is 0.0623 e. The minimum atomic E-state index is 2.00. The van der Waals surface area contributed by atoms with Crippen molar-refractivity contribution in [3.63, 3.8) is 0 Å². The van der Waals surface area contributed by atoms with E-state index in [4.69, 9.17) is 0 Å². The van der Waals surface area contributed by atoms with Gasteiger partial charge in [-0.1, -0.05) is 48.6 Å². The second kappa shape index (κ2) is 3.03. The van der Waals surface area contributed by atoms with Crippen LogP contribution in [0.2, 0.25) is 0 Å². The highest BCUT2D eigenvalue weighted by Crippen LogP contribution is 1.87. The molecule has 0 heteroatoms. The monoisotopic (exact) mass is 104 g/mol. The largest absolute Gasteiger partial charge is 0.0623 e. The first-order valence-corrected chi connectivity index (χ1v) is 2.67. The number of hydrogen-bond donors (Lipinski definition) is 0. The number of rotatable bonds is 0. The van der Waals surface area contributed by atoms with Crippen molar-refractivity contribution >= 4 is 0 Å². The quantitative estimate of drug-likeness (QED) is 0.442. The Morgan fingerprint density at radius 3 is 0.500 bits per heavy atom. The fraction of sp³-hybridized carbons (Fsp3) is 0. The molecule has 0 atom stereocenters. The molecule has 0 spiro atoms. The summed E-state index contributed by atoms with van der Waals surface area (Å²) >= 11 is 0. The lowest BCUT2D eigenvalue weighted by Crippen LogP contribution is -1.55. The van der Waals surface area contributed by atoms with Gasteiger partial charge in [0.25, 0.3) is 0 Å². The summed E-state index contributed by atoms with van der Waals surface area (Å²) in [6.07, 6.45) is 16.0. The average molecular weight is 104 g/mol. The average Bonchev–Trinajstić information content (AvgIpc) is 1.62. The molecule has 0 saturated heterocycles. The van der Waals surface area contributed by atoms with Crippen LogP contribution in [-0.2, 0) is 0 Å². The van der Waals surface area contributed by atoms with Gasteiger partial charge in [0, 0.05) is 0 Å². The minimum Gasteiger partial charge on any atom is -0.0623 e. The van der Waals surface area contributed by atoms with Crippen LogP contribution in [0.1, 0.15) is 0 Å². The first-order valence-electron chi connectivity index (χ1n) is 2.67. The molecule has 40 valence electrons. The minimum absolute atomic E-state index is 2.00. The molecule has 1 rings (SSSR count). The fourth-order valence-electron chi connectivity index (χ4n) is 0.513. The Bertz CT molecular complexity index is 101. The van der Waals surface area contributed by atoms with Crippen LogP contribution in [0.4, 0.5) is 0 Å². The van der Waals surface area contributed by atoms with E-state index in [1.54, 1.807) is 0 Å². The van der Waals surface area contributed by atoms with E-state index in [0.717, 1.165) is 0 Å². The van der Waals surface area contributed by atoms with Crippen LogP contribution >= 0.6 is 0 Å². The third-order valence-electron chi connectivity index (χ3n) is 0.889. The van der Waals surface area contributed by atoms with Gasteiger partial charge < -0.3 is 0 Å². The molecule has 1 aliphatic carbocycles. The Kier molecular flexibility index (Phi) is 1.93. The van der Waals surface area contributed by atoms with Gasteiger partial charge in [-0.25, -0.2) is 0 Å². The van der Waals surface area contributed by atoms with E-state index in [9.17, 15) is 0 Å². The molecular formula is C8H8. The van der Waals surface area contributed by atoms with Crippen molar-refractivity contribution in [3.05, 3.63) is 48.6 Å². The zero-order chi connectivity index (χ0) is 5.66. The first kappa shape index (κ1) is 5.10. The number of hydrogen-bond acceptors (Lipinski definition) is 0. The highest BCUT2D eigenvalue weighted by atomic mass is 13.7. The molecule has 0 bridgehead atoms. The van der Waals surface area contributed by atoms with Crippen LogP contribution < -0.4 is 0 Å². The molecular weight excluding hydrogens is 96.1 g/mol. The predicted molar refractivity (Wildman–Crippen MR) is 36.6 cm³/mol. The van der Waals surface area contributed by atoms with Crippen molar-refractivity contribution in [2.45, 2.75) is 0 Å². The molecule has 0 heterocycles. The maximum atomic E-state index is 2.00. The van der Waals surface area contributed by atoms with Crippen LogP contribution in [0.5, 0.6) is 0 Å². The predicted octanol–water partition coefficient (Wildman–Crippen LogP) is 2.22. The van der Waals surface area contributed by atoms with Crippen LogP contribution in [0.25, 0.3) is 0 Å². The van der Waals surface area contributed by atoms with Crippen molar-refractivity contribution in [2.75, 3.05) is 0 Å². The van der Waals surface area contributed by atoms with Gasteiger partial charge >= 0.3 is 0 Å². The van der Waals surface area contributed by atoms with Gasteiger partial charge in [-0.3, -0.25) is 0 Å². The van der Waals surface area contributed by atoms with Crippen molar-refractivity contribution in [3.8, 4) is 0 Å². The van der Waals surface area contributed by atoms with Crippen molar-refractivity contribution in [2.24, 2.45) is 0 Å². The summed E-state index contributed by atoms with van der Waals surface area (Å²) in [7, 11) is 0. The lowest BCUT2D eigenvalue weighted by Gasteiger charge is -1.77. The molecule has 0 aromatic heterocycles. The Morgan fingerprint density at radius 2 is 0.375 bits per heavy atom. The summed E-state index contributed by atoms with van der Waals surface area (Å²) in [5.41, 5.74) is 0. The van der Waals surface area contributed by atoms with Gasteiger partial charge in [-0.15, -0.1) is 0 Å². The summed E-state index contributed by atoms with van der Waals surface area (Å²) in [5.74, 6) is 0. The topological polar surface area (TPSA) is 0 Å². The van der Waals surface area contributed by atoms with E-state index in [0.29, 0.717) is 0 Å². The molecule has 0 saturated carbocycles. The van der Waals surface area contributed by atoms with Crippen LogP contribution in [0, 0.1) is 0 Å². The normalized spacial score (nSPS) is 32.0. The van der Waals surface area contributed by atoms with E-state index in [1.165, 1.54) is 0 Å². The van der Waals surface area contributed by atoms with Crippen LogP contribution in [-0.4, -0.2) is 0 Å². The Hall–Kier alpha value is -1.04. The van der Waals surface area contributed by atoms with Gasteiger partial charge in [-0.05, 0) is 0 Å². The van der Waals surface area contributed by atoms with Crippen molar-refractivity contribution in [1.29, 1.82) is 0 Å². The maximum Gasteiger partial charge on any atom is -0.0623 e. The van der Waals surface area contributed by atoms with Crippen molar-refractivity contribution in [1.82, 2.24) is 0 Å². The molecule has 0 N–H and O–H groups in total. The van der Waals surface area contributed by atoms with Gasteiger partial charge in [0.05, 0.1) is 0 Å². The standard InChI is InChI=1S/C8H8/c1-2-4-6-8-7-5-3-1/h1-8H/b2-1-,3-1?,4-2?,5-3-,6-4-,7-5?,8-6?,8-7-. The van der Waals surface area contributed by atoms with Crippen molar-refractivity contribution < 1.29 is 0 Å². The molecule has 0 radical (unpaired) electrons. The summed E-state index contributed by atoms with van der Waals surface area (Å²) in [6, 6.07) is 0. The Morgan fingerprint density at radius 1 is 0.250 bits per heavy atom. The molecule has 8 heavy (non-hydrogen) atoms. The summed E-state index contributed by atoms with van der Waals surface area (Å²) in [5, 5.41) is 0. The second-order valence-electron chi connectivity index (χ2n) is 1.54. The maximum absolute atomic E-state index is 2.00. The zero-order valence-corrected chi connectivity index (χ0v) is 4.62. The van der Waals surface area contributed by atoms with Crippen LogP contribution in [0.3, 0.4) is 0 Å². The van der Waals surface area contributed by atoms with Gasteiger partial charge in [0.1, 0.15) is 0 Å². The fourth-order valence-corrected chi connectivity index (χ4v) is 0.513. The van der Waals surface area contributed by atoms with Gasteiger partial charge in [-0.2, -0.15) is 0 Å². The summed E-state index contributed by atoms with van der Waals surface area (Å²) in [4.78, 5) is 0. The van der Waals surface area contributed by atoms with Gasteiger partial charge in [0.2, 0.25) is 0 Å². The van der Waals surface area contributed by atoms with Gasteiger partial charge in [0.15, 0.2) is 0 Å². The van der Waals surface area contributed by atoms with Crippen LogP contribution in [0.15, 0.2) is 48.6 Å². The van der Waals surface area contributed by atoms with E-state index in [2.05, 4.69) is 0 Å². The first-order chi connectivity index (χ1) is 4.00. The summed E-state index contributed by atoms with van der Waals surface area (Å²) < 4.78 is 0. The highest BCUT2D eigenvalue weighted by molar-refractivity contribution is 5.23. The molecule has 0 aliphatic heterocycles.